The van der Waals surface area contributed by atoms with Gasteiger partial charge in [-0.25, -0.2) is 0 Å². The first kappa shape index (κ1) is 21.2. The Labute approximate surface area is 187 Å². The van der Waals surface area contributed by atoms with Crippen LogP contribution >= 0.6 is 23.4 Å². The topological polar surface area (TPSA) is 46.2 Å². The summed E-state index contributed by atoms with van der Waals surface area (Å²) in [5.74, 6) is -0.351. The van der Waals surface area contributed by atoms with Gasteiger partial charge in [-0.2, -0.15) is 0 Å². The van der Waals surface area contributed by atoms with Gasteiger partial charge in [-0.05, 0) is 94.4 Å². The van der Waals surface area contributed by atoms with E-state index in [-0.39, 0.29) is 22.0 Å². The number of thioether (sulfide) groups is 1. The Morgan fingerprint density at radius 1 is 0.967 bits per heavy atom. The molecule has 2 aromatic carbocycles. The summed E-state index contributed by atoms with van der Waals surface area (Å²) in [5, 5.41) is 2.63. The molecule has 0 aromatic heterocycles. The Kier molecular flexibility index (Phi) is 5.14. The van der Waals surface area contributed by atoms with Gasteiger partial charge in [0.05, 0.1) is 4.91 Å². The molecule has 0 spiro atoms. The van der Waals surface area contributed by atoms with Gasteiger partial charge in [0.1, 0.15) is 0 Å². The van der Waals surface area contributed by atoms with Gasteiger partial charge < -0.3 is 0 Å². The van der Waals surface area contributed by atoms with Gasteiger partial charge >= 0.3 is 0 Å². The highest BCUT2D eigenvalue weighted by Crippen LogP contribution is 2.48. The number of hydrogen-bond acceptors (Lipinski definition) is 3. The number of nitrogens with one attached hydrogen (secondary N) is 1. The van der Waals surface area contributed by atoms with Crippen LogP contribution in [0.15, 0.2) is 35.2 Å². The van der Waals surface area contributed by atoms with E-state index in [1.54, 1.807) is 6.08 Å². The van der Waals surface area contributed by atoms with E-state index in [9.17, 15) is 9.59 Å². The normalized spacial score (nSPS) is 20.9. The number of hydrogen-bond donors (Lipinski definition) is 1. The maximum atomic E-state index is 11.9. The lowest BCUT2D eigenvalue weighted by atomic mass is 9.62. The van der Waals surface area contributed by atoms with Gasteiger partial charge in [-0.3, -0.25) is 14.9 Å². The quantitative estimate of drug-likeness (QED) is 0.513. The average Bonchev–Trinajstić information content (AvgIpc) is 2.97. The maximum Gasteiger partial charge on any atom is 0.290 e. The van der Waals surface area contributed by atoms with Crippen LogP contribution in [0.2, 0.25) is 5.02 Å². The monoisotopic (exact) mass is 439 g/mol. The number of carbonyl (C=O) groups is 2. The van der Waals surface area contributed by atoms with Crippen molar-refractivity contribution in [2.45, 2.75) is 58.3 Å². The fourth-order valence-electron chi connectivity index (χ4n) is 4.42. The van der Waals surface area contributed by atoms with Gasteiger partial charge in [-0.15, -0.1) is 0 Å². The van der Waals surface area contributed by atoms with Gasteiger partial charge in [0.25, 0.3) is 11.1 Å². The number of imide groups is 1. The molecule has 2 aliphatic rings. The van der Waals surface area contributed by atoms with Crippen molar-refractivity contribution in [1.82, 2.24) is 5.32 Å². The SMILES string of the molecule is Cc1cc2c(cc1-c1cc(C=C3SC(=O)NC3=O)ccc1Cl)C(C)(C)CCC2(C)C. The second kappa shape index (κ2) is 7.28. The Bertz CT molecular complexity index is 1110. The minimum absolute atomic E-state index is 0.109. The van der Waals surface area contributed by atoms with Gasteiger partial charge in [0.2, 0.25) is 0 Å². The summed E-state index contributed by atoms with van der Waals surface area (Å²) < 4.78 is 0. The molecule has 156 valence electrons. The molecule has 30 heavy (non-hydrogen) atoms. The van der Waals surface area contributed by atoms with E-state index in [0.717, 1.165) is 34.9 Å². The number of benzene rings is 2. The lowest BCUT2D eigenvalue weighted by Gasteiger charge is -2.42. The number of halogens is 1. The summed E-state index contributed by atoms with van der Waals surface area (Å²) in [6.07, 6.45) is 4.06. The standard InChI is InChI=1S/C25H26ClNO2S/c1-14-10-18-19(25(4,5)9-8-24(18,2)3)13-16(14)17-11-15(6-7-20(17)26)12-21-22(28)27-23(29)30-21/h6-7,10-13H,8-9H2,1-5H3,(H,27,28,29). The third kappa shape index (κ3) is 3.72. The van der Waals surface area contributed by atoms with Crippen LogP contribution < -0.4 is 5.32 Å². The first-order valence-corrected chi connectivity index (χ1v) is 11.4. The zero-order valence-corrected chi connectivity index (χ0v) is 19.6. The van der Waals surface area contributed by atoms with E-state index in [1.807, 2.05) is 18.2 Å². The third-order valence-corrected chi connectivity index (χ3v) is 7.56. The molecule has 0 radical (unpaired) electrons. The molecule has 0 bridgehead atoms. The van der Waals surface area contributed by atoms with Crippen LogP contribution in [0.5, 0.6) is 0 Å². The average molecular weight is 440 g/mol. The Balaban J connectivity index is 1.84. The molecule has 1 aliphatic heterocycles. The zero-order valence-electron chi connectivity index (χ0n) is 18.0. The summed E-state index contributed by atoms with van der Waals surface area (Å²) in [6, 6.07) is 10.4. The molecule has 0 unspecified atom stereocenters. The van der Waals surface area contributed by atoms with E-state index in [1.165, 1.54) is 23.1 Å². The van der Waals surface area contributed by atoms with Gasteiger partial charge in [-0.1, -0.05) is 51.4 Å². The minimum atomic E-state index is -0.351. The fourth-order valence-corrected chi connectivity index (χ4v) is 5.33. The maximum absolute atomic E-state index is 11.9. The molecule has 1 saturated heterocycles. The summed E-state index contributed by atoms with van der Waals surface area (Å²) >= 11 is 7.55. The largest absolute Gasteiger partial charge is 0.290 e. The summed E-state index contributed by atoms with van der Waals surface area (Å²) in [4.78, 5) is 23.8. The predicted octanol–water partition coefficient (Wildman–Crippen LogP) is 6.99. The molecule has 0 saturated carbocycles. The molecule has 1 fully saturated rings. The molecule has 1 N–H and O–H groups in total. The molecule has 2 amide bonds. The van der Waals surface area contributed by atoms with E-state index in [0.29, 0.717) is 9.93 Å². The van der Waals surface area contributed by atoms with Gasteiger partial charge in [0.15, 0.2) is 0 Å². The third-order valence-electron chi connectivity index (χ3n) is 6.42. The summed E-state index contributed by atoms with van der Waals surface area (Å²) in [6.45, 7) is 11.4. The number of amides is 2. The van der Waals surface area contributed by atoms with Crippen LogP contribution in [-0.2, 0) is 15.6 Å². The van der Waals surface area contributed by atoms with Crippen LogP contribution in [0.4, 0.5) is 4.79 Å². The summed E-state index contributed by atoms with van der Waals surface area (Å²) in [5.41, 5.74) is 7.17. The summed E-state index contributed by atoms with van der Waals surface area (Å²) in [7, 11) is 0. The van der Waals surface area contributed by atoms with E-state index in [2.05, 4.69) is 52.1 Å². The second-order valence-electron chi connectivity index (χ2n) is 9.57. The van der Waals surface area contributed by atoms with Crippen molar-refractivity contribution in [3.63, 3.8) is 0 Å². The van der Waals surface area contributed by atoms with Crippen LogP contribution in [0.25, 0.3) is 17.2 Å². The first-order chi connectivity index (χ1) is 14.0. The Morgan fingerprint density at radius 3 is 2.20 bits per heavy atom. The first-order valence-electron chi connectivity index (χ1n) is 10.2. The molecule has 1 aliphatic carbocycles. The van der Waals surface area contributed by atoms with Crippen LogP contribution in [0.1, 0.15) is 62.8 Å². The Morgan fingerprint density at radius 2 is 1.60 bits per heavy atom. The molecule has 5 heteroatoms. The van der Waals surface area contributed by atoms with Crippen LogP contribution in [0, 0.1) is 6.92 Å². The smallest absolute Gasteiger partial charge is 0.282 e. The molecule has 4 rings (SSSR count). The van der Waals surface area contributed by atoms with E-state index >= 15 is 0 Å². The van der Waals surface area contributed by atoms with Crippen molar-refractivity contribution in [1.29, 1.82) is 0 Å². The predicted molar refractivity (Wildman–Crippen MR) is 126 cm³/mol. The molecular formula is C25H26ClNO2S. The molecule has 1 heterocycles. The second-order valence-corrected chi connectivity index (χ2v) is 11.0. The van der Waals surface area contributed by atoms with Crippen molar-refractivity contribution in [3.8, 4) is 11.1 Å². The van der Waals surface area contributed by atoms with Crippen LogP contribution in [-0.4, -0.2) is 11.1 Å². The van der Waals surface area contributed by atoms with Crippen molar-refractivity contribution < 1.29 is 9.59 Å². The van der Waals surface area contributed by atoms with Crippen molar-refractivity contribution >= 4 is 40.6 Å². The van der Waals surface area contributed by atoms with E-state index in [4.69, 9.17) is 11.6 Å². The molecular weight excluding hydrogens is 414 g/mol. The highest BCUT2D eigenvalue weighted by molar-refractivity contribution is 8.18. The number of aryl methyl sites for hydroxylation is 1. The zero-order chi connectivity index (χ0) is 21.8. The number of rotatable bonds is 2. The van der Waals surface area contributed by atoms with E-state index < -0.39 is 0 Å². The van der Waals surface area contributed by atoms with Crippen molar-refractivity contribution in [3.05, 3.63) is 62.5 Å². The molecule has 2 aromatic rings. The lowest BCUT2D eigenvalue weighted by Crippen LogP contribution is -2.34. The fraction of sp³-hybridized carbons (Fsp3) is 0.360. The molecule has 3 nitrogen and oxygen atoms in total. The number of fused-ring (bicyclic) bond motifs is 1. The Hall–Kier alpha value is -2.04. The van der Waals surface area contributed by atoms with Crippen molar-refractivity contribution in [2.24, 2.45) is 0 Å². The lowest BCUT2D eigenvalue weighted by molar-refractivity contribution is -0.115. The van der Waals surface area contributed by atoms with Gasteiger partial charge in [0, 0.05) is 10.6 Å². The molecule has 0 atom stereocenters. The number of carbonyl (C=O) groups excluding carboxylic acids is 2. The highest BCUT2D eigenvalue weighted by Gasteiger charge is 2.37. The highest BCUT2D eigenvalue weighted by atomic mass is 35.5. The minimum Gasteiger partial charge on any atom is -0.282 e. The van der Waals surface area contributed by atoms with Crippen molar-refractivity contribution in [2.75, 3.05) is 0 Å². The van der Waals surface area contributed by atoms with Crippen LogP contribution in [0.3, 0.4) is 0 Å².